The third-order valence-corrected chi connectivity index (χ3v) is 5.30. The maximum atomic E-state index is 12.4. The summed E-state index contributed by atoms with van der Waals surface area (Å²) in [5, 5.41) is 17.0. The molecule has 0 heterocycles. The van der Waals surface area contributed by atoms with Crippen LogP contribution in [0.15, 0.2) is 18.2 Å². The lowest BCUT2D eigenvalue weighted by Crippen LogP contribution is -2.49. The van der Waals surface area contributed by atoms with Crippen molar-refractivity contribution in [2.24, 2.45) is 11.8 Å². The molecule has 4 unspecified atom stereocenters. The second-order valence-electron chi connectivity index (χ2n) is 6.67. The van der Waals surface area contributed by atoms with Crippen LogP contribution in [0.5, 0.6) is 0 Å². The first-order valence-corrected chi connectivity index (χ1v) is 8.68. The zero-order chi connectivity index (χ0) is 17.9. The molecule has 1 aromatic rings. The van der Waals surface area contributed by atoms with Crippen LogP contribution in [0, 0.1) is 22.0 Å². The van der Waals surface area contributed by atoms with Crippen LogP contribution >= 0.6 is 11.6 Å². The van der Waals surface area contributed by atoms with Crippen LogP contribution in [0.3, 0.4) is 0 Å². The number of hydrogen-bond acceptors (Lipinski definition) is 4. The quantitative estimate of drug-likeness (QED) is 0.619. The Kier molecular flexibility index (Phi) is 6.18. The van der Waals surface area contributed by atoms with Gasteiger partial charge in [0.05, 0.1) is 21.7 Å². The predicted molar refractivity (Wildman–Crippen MR) is 95.3 cm³/mol. The minimum Gasteiger partial charge on any atom is -0.323 e. The zero-order valence-corrected chi connectivity index (χ0v) is 15.0. The molecule has 1 amide bonds. The van der Waals surface area contributed by atoms with Crippen LogP contribution in [0.2, 0.25) is 5.02 Å². The smallest absolute Gasteiger partial charge is 0.271 e. The minimum atomic E-state index is -0.521. The summed E-state index contributed by atoms with van der Waals surface area (Å²) in [6, 6.07) is 3.97. The fraction of sp³-hybridized carbons (Fsp3) is 0.588. The number of nitrogens with zero attached hydrogens (tertiary/aromatic N) is 1. The highest BCUT2D eigenvalue weighted by molar-refractivity contribution is 6.34. The molecule has 6 nitrogen and oxygen atoms in total. The molecule has 24 heavy (non-hydrogen) atoms. The summed E-state index contributed by atoms with van der Waals surface area (Å²) in [7, 11) is 0. The summed E-state index contributed by atoms with van der Waals surface area (Å²) in [4.78, 5) is 22.6. The number of halogens is 1. The highest BCUT2D eigenvalue weighted by Gasteiger charge is 2.29. The van der Waals surface area contributed by atoms with E-state index in [1.54, 1.807) is 0 Å². The molecule has 1 aliphatic rings. The highest BCUT2D eigenvalue weighted by atomic mass is 35.5. The van der Waals surface area contributed by atoms with E-state index in [1.807, 2.05) is 6.92 Å². The van der Waals surface area contributed by atoms with Gasteiger partial charge in [-0.25, -0.2) is 0 Å². The summed E-state index contributed by atoms with van der Waals surface area (Å²) in [5.74, 6) is 0.976. The second-order valence-corrected chi connectivity index (χ2v) is 7.08. The van der Waals surface area contributed by atoms with Crippen LogP contribution in [0.1, 0.15) is 40.0 Å². The fourth-order valence-electron chi connectivity index (χ4n) is 3.17. The van der Waals surface area contributed by atoms with E-state index in [1.165, 1.54) is 31.0 Å². The number of hydrogen-bond donors (Lipinski definition) is 2. The molecule has 2 N–H and O–H groups in total. The minimum absolute atomic E-state index is 0.103. The van der Waals surface area contributed by atoms with Gasteiger partial charge in [-0.05, 0) is 31.2 Å². The third-order valence-electron chi connectivity index (χ3n) is 4.99. The Morgan fingerprint density at radius 2 is 2.08 bits per heavy atom. The molecule has 2 rings (SSSR count). The Labute approximate surface area is 147 Å². The first-order chi connectivity index (χ1) is 11.3. The van der Waals surface area contributed by atoms with Gasteiger partial charge >= 0.3 is 0 Å². The number of nitro groups is 1. The standard InChI is InChI=1S/C17H24ClN3O3/c1-10-5-4-6-15(11(10)2)19-12(3)17(22)20-16-8-7-13(21(23)24)9-14(16)18/h7-12,15,19H,4-6H2,1-3H3,(H,20,22). The predicted octanol–water partition coefficient (Wildman–Crippen LogP) is 3.99. The van der Waals surface area contributed by atoms with Gasteiger partial charge in [0.1, 0.15) is 0 Å². The summed E-state index contributed by atoms with van der Waals surface area (Å²) in [5.41, 5.74) is 0.278. The van der Waals surface area contributed by atoms with Crippen LogP contribution < -0.4 is 10.6 Å². The normalized spacial score (nSPS) is 25.1. The number of nitrogens with one attached hydrogen (secondary N) is 2. The van der Waals surface area contributed by atoms with Crippen molar-refractivity contribution < 1.29 is 9.72 Å². The lowest BCUT2D eigenvalue weighted by molar-refractivity contribution is -0.384. The van der Waals surface area contributed by atoms with E-state index in [0.29, 0.717) is 23.6 Å². The molecule has 0 spiro atoms. The van der Waals surface area contributed by atoms with Crippen LogP contribution in [-0.2, 0) is 4.79 Å². The Balaban J connectivity index is 1.97. The van der Waals surface area contributed by atoms with Crippen molar-refractivity contribution in [2.75, 3.05) is 5.32 Å². The van der Waals surface area contributed by atoms with Gasteiger partial charge in [-0.3, -0.25) is 14.9 Å². The molecule has 1 saturated carbocycles. The maximum absolute atomic E-state index is 12.4. The van der Waals surface area contributed by atoms with Crippen molar-refractivity contribution in [1.82, 2.24) is 5.32 Å². The molecule has 0 aromatic heterocycles. The van der Waals surface area contributed by atoms with Crippen molar-refractivity contribution >= 4 is 28.9 Å². The lowest BCUT2D eigenvalue weighted by Gasteiger charge is -2.36. The van der Waals surface area contributed by atoms with Gasteiger partial charge < -0.3 is 10.6 Å². The number of amides is 1. The Morgan fingerprint density at radius 3 is 2.71 bits per heavy atom. The number of nitro benzene ring substituents is 1. The van der Waals surface area contributed by atoms with Crippen LogP contribution in [0.4, 0.5) is 11.4 Å². The summed E-state index contributed by atoms with van der Waals surface area (Å²) < 4.78 is 0. The molecule has 0 bridgehead atoms. The maximum Gasteiger partial charge on any atom is 0.271 e. The van der Waals surface area contributed by atoms with E-state index >= 15 is 0 Å². The van der Waals surface area contributed by atoms with Crippen molar-refractivity contribution in [3.8, 4) is 0 Å². The summed E-state index contributed by atoms with van der Waals surface area (Å²) >= 11 is 6.02. The highest BCUT2D eigenvalue weighted by Crippen LogP contribution is 2.30. The van der Waals surface area contributed by atoms with Gasteiger partial charge in [0.2, 0.25) is 5.91 Å². The van der Waals surface area contributed by atoms with Gasteiger partial charge in [-0.1, -0.05) is 38.3 Å². The van der Waals surface area contributed by atoms with Gasteiger partial charge in [0.25, 0.3) is 5.69 Å². The van der Waals surface area contributed by atoms with Gasteiger partial charge in [-0.2, -0.15) is 0 Å². The first kappa shape index (κ1) is 18.7. The number of carbonyl (C=O) groups excluding carboxylic acids is 1. The van der Waals surface area contributed by atoms with Gasteiger partial charge in [-0.15, -0.1) is 0 Å². The number of carbonyl (C=O) groups is 1. The summed E-state index contributed by atoms with van der Waals surface area (Å²) in [6.07, 6.45) is 3.48. The largest absolute Gasteiger partial charge is 0.323 e. The van der Waals surface area contributed by atoms with E-state index in [4.69, 9.17) is 11.6 Å². The Bertz CT molecular complexity index is 623. The van der Waals surface area contributed by atoms with Crippen molar-refractivity contribution in [1.29, 1.82) is 0 Å². The molecule has 0 radical (unpaired) electrons. The van der Waals surface area contributed by atoms with E-state index < -0.39 is 4.92 Å². The van der Waals surface area contributed by atoms with Crippen molar-refractivity contribution in [3.63, 3.8) is 0 Å². The van der Waals surface area contributed by atoms with E-state index in [-0.39, 0.29) is 22.7 Å². The number of rotatable bonds is 5. The topological polar surface area (TPSA) is 84.3 Å². The molecule has 1 fully saturated rings. The number of non-ortho nitro benzene ring substituents is 1. The van der Waals surface area contributed by atoms with Gasteiger partial charge in [0, 0.05) is 18.2 Å². The van der Waals surface area contributed by atoms with E-state index in [2.05, 4.69) is 24.5 Å². The molecule has 1 aliphatic carbocycles. The molecule has 4 atom stereocenters. The zero-order valence-electron chi connectivity index (χ0n) is 14.2. The molecular formula is C17H24ClN3O3. The molecule has 132 valence electrons. The van der Waals surface area contributed by atoms with E-state index in [9.17, 15) is 14.9 Å². The second kappa shape index (κ2) is 7.94. The molecule has 1 aromatic carbocycles. The SMILES string of the molecule is CC(NC1CCCC(C)C1C)C(=O)Nc1ccc([N+](=O)[O-])cc1Cl. The first-order valence-electron chi connectivity index (χ1n) is 8.30. The molecule has 0 saturated heterocycles. The summed E-state index contributed by atoms with van der Waals surface area (Å²) in [6.45, 7) is 6.29. The lowest BCUT2D eigenvalue weighted by atomic mass is 9.78. The Hall–Kier alpha value is -1.66. The average molecular weight is 354 g/mol. The van der Waals surface area contributed by atoms with Crippen molar-refractivity contribution in [3.05, 3.63) is 33.3 Å². The van der Waals surface area contributed by atoms with Crippen molar-refractivity contribution in [2.45, 2.75) is 52.1 Å². The number of benzene rings is 1. The molecular weight excluding hydrogens is 330 g/mol. The van der Waals surface area contributed by atoms with Crippen LogP contribution in [-0.4, -0.2) is 22.9 Å². The fourth-order valence-corrected chi connectivity index (χ4v) is 3.40. The molecule has 7 heteroatoms. The van der Waals surface area contributed by atoms with Crippen LogP contribution in [0.25, 0.3) is 0 Å². The van der Waals surface area contributed by atoms with E-state index in [0.717, 1.165) is 6.42 Å². The monoisotopic (exact) mass is 353 g/mol. The average Bonchev–Trinajstić information content (AvgIpc) is 2.53. The third kappa shape index (κ3) is 4.45. The number of anilines is 1. The molecule has 0 aliphatic heterocycles. The Morgan fingerprint density at radius 1 is 1.38 bits per heavy atom. The van der Waals surface area contributed by atoms with Gasteiger partial charge in [0.15, 0.2) is 0 Å².